The number of hydrogen-bond acceptors (Lipinski definition) is 5. The highest BCUT2D eigenvalue weighted by Crippen LogP contribution is 2.39. The summed E-state index contributed by atoms with van der Waals surface area (Å²) < 4.78 is 32.9. The Labute approximate surface area is 192 Å². The maximum atomic E-state index is 15.9. The van der Waals surface area contributed by atoms with Crippen LogP contribution in [-0.4, -0.2) is 55.7 Å². The SMILES string of the molecule is CC(C)(C)OC(=O)N1C[C@](F)(CO[Si](C)(C)C(C)(C)C)C[C@H]1C(=O)OCc1ccccc1. The van der Waals surface area contributed by atoms with E-state index in [1.807, 2.05) is 43.4 Å². The van der Waals surface area contributed by atoms with Crippen molar-refractivity contribution in [2.24, 2.45) is 0 Å². The number of likely N-dealkylation sites (tertiary alicyclic amines) is 1. The number of alkyl halides is 1. The molecule has 1 aliphatic heterocycles. The molecule has 6 nitrogen and oxygen atoms in total. The Morgan fingerprint density at radius 2 is 1.72 bits per heavy atom. The lowest BCUT2D eigenvalue weighted by molar-refractivity contribution is -0.150. The Morgan fingerprint density at radius 1 is 1.12 bits per heavy atom. The quantitative estimate of drug-likeness (QED) is 0.410. The van der Waals surface area contributed by atoms with Gasteiger partial charge in [0.1, 0.15) is 18.2 Å². The maximum absolute atomic E-state index is 15.9. The van der Waals surface area contributed by atoms with Gasteiger partial charge in [-0.3, -0.25) is 4.90 Å². The summed E-state index contributed by atoms with van der Waals surface area (Å²) in [5.74, 6) is -0.647. The highest BCUT2D eigenvalue weighted by Gasteiger charge is 2.52. The number of esters is 1. The van der Waals surface area contributed by atoms with Crippen LogP contribution in [0.15, 0.2) is 30.3 Å². The van der Waals surface area contributed by atoms with Crippen LogP contribution in [0.3, 0.4) is 0 Å². The summed E-state index contributed by atoms with van der Waals surface area (Å²) in [4.78, 5) is 26.8. The number of rotatable bonds is 6. The lowest BCUT2D eigenvalue weighted by Gasteiger charge is -2.37. The minimum absolute atomic E-state index is 0.0537. The molecule has 1 amide bonds. The van der Waals surface area contributed by atoms with Crippen LogP contribution < -0.4 is 0 Å². The molecule has 8 heteroatoms. The van der Waals surface area contributed by atoms with E-state index in [4.69, 9.17) is 13.9 Å². The summed E-state index contributed by atoms with van der Waals surface area (Å²) in [6.07, 6.45) is -0.917. The van der Waals surface area contributed by atoms with Gasteiger partial charge in [-0.2, -0.15) is 0 Å². The summed E-state index contributed by atoms with van der Waals surface area (Å²) in [7, 11) is -2.21. The first-order chi connectivity index (χ1) is 14.5. The minimum Gasteiger partial charge on any atom is -0.459 e. The van der Waals surface area contributed by atoms with Crippen molar-refractivity contribution in [2.45, 2.75) is 90.0 Å². The fourth-order valence-corrected chi connectivity index (χ4v) is 4.17. The van der Waals surface area contributed by atoms with Crippen LogP contribution in [0, 0.1) is 0 Å². The van der Waals surface area contributed by atoms with Crippen LogP contribution in [0.1, 0.15) is 53.5 Å². The van der Waals surface area contributed by atoms with E-state index in [-0.39, 0.29) is 31.2 Å². The van der Waals surface area contributed by atoms with Crippen molar-refractivity contribution in [2.75, 3.05) is 13.2 Å². The molecule has 0 N–H and O–H groups in total. The zero-order valence-electron chi connectivity index (χ0n) is 20.7. The van der Waals surface area contributed by atoms with Crippen LogP contribution in [0.25, 0.3) is 0 Å². The third kappa shape index (κ3) is 7.03. The van der Waals surface area contributed by atoms with Crippen LogP contribution in [0.5, 0.6) is 0 Å². The Morgan fingerprint density at radius 3 is 2.25 bits per heavy atom. The monoisotopic (exact) mass is 467 g/mol. The van der Waals surface area contributed by atoms with E-state index in [0.717, 1.165) is 10.5 Å². The second-order valence-corrected chi connectivity index (χ2v) is 15.9. The molecule has 180 valence electrons. The average Bonchev–Trinajstić information content (AvgIpc) is 3.02. The molecule has 1 aromatic rings. The fourth-order valence-electron chi connectivity index (χ4n) is 3.12. The predicted octanol–water partition coefficient (Wildman–Crippen LogP) is 5.47. The molecule has 1 heterocycles. The number of carbonyl (C=O) groups excluding carboxylic acids is 2. The summed E-state index contributed by atoms with van der Waals surface area (Å²) in [6.45, 7) is 15.1. The number of ether oxygens (including phenoxy) is 2. The molecular weight excluding hydrogens is 429 g/mol. The first-order valence-electron chi connectivity index (χ1n) is 11.1. The van der Waals surface area contributed by atoms with Gasteiger partial charge >= 0.3 is 12.1 Å². The number of hydrogen-bond donors (Lipinski definition) is 0. The van der Waals surface area contributed by atoms with E-state index >= 15 is 4.39 Å². The highest BCUT2D eigenvalue weighted by atomic mass is 28.4. The first-order valence-corrected chi connectivity index (χ1v) is 14.0. The van der Waals surface area contributed by atoms with Crippen LogP contribution in [-0.2, 0) is 25.3 Å². The summed E-state index contributed by atoms with van der Waals surface area (Å²) in [5, 5.41) is -0.0825. The summed E-state index contributed by atoms with van der Waals surface area (Å²) >= 11 is 0. The van der Waals surface area contributed by atoms with Gasteiger partial charge in [-0.15, -0.1) is 0 Å². The molecule has 0 bridgehead atoms. The van der Waals surface area contributed by atoms with Crippen LogP contribution in [0.2, 0.25) is 18.1 Å². The molecular formula is C24H38FNO5Si. The Hall–Kier alpha value is -1.93. The number of amides is 1. The second kappa shape index (κ2) is 9.51. The van der Waals surface area contributed by atoms with E-state index in [2.05, 4.69) is 20.8 Å². The molecule has 0 unspecified atom stereocenters. The molecule has 1 fully saturated rings. The molecule has 2 atom stereocenters. The molecule has 0 saturated carbocycles. The van der Waals surface area contributed by atoms with Gasteiger partial charge in [0.05, 0.1) is 13.2 Å². The van der Waals surface area contributed by atoms with Crippen molar-refractivity contribution in [3.8, 4) is 0 Å². The average molecular weight is 468 g/mol. The third-order valence-electron chi connectivity index (χ3n) is 6.01. The van der Waals surface area contributed by atoms with Crippen LogP contribution in [0.4, 0.5) is 9.18 Å². The van der Waals surface area contributed by atoms with E-state index in [1.165, 1.54) is 0 Å². The molecule has 0 aromatic heterocycles. The lowest BCUT2D eigenvalue weighted by Crippen LogP contribution is -2.46. The Kier molecular flexibility index (Phi) is 7.82. The van der Waals surface area contributed by atoms with Gasteiger partial charge in [0.15, 0.2) is 14.0 Å². The zero-order valence-corrected chi connectivity index (χ0v) is 21.7. The standard InChI is InChI=1S/C24H38FNO5Si/c1-22(2,3)31-21(28)26-16-24(25,17-30-32(7,8)23(4,5)6)14-19(26)20(27)29-15-18-12-10-9-11-13-18/h9-13,19H,14-17H2,1-8H3/t19-,24-/m0/s1. The Bertz CT molecular complexity index is 803. The third-order valence-corrected chi connectivity index (χ3v) is 10.5. The molecule has 32 heavy (non-hydrogen) atoms. The predicted molar refractivity (Wildman–Crippen MR) is 125 cm³/mol. The molecule has 1 aliphatic rings. The summed E-state index contributed by atoms with van der Waals surface area (Å²) in [5.41, 5.74) is -1.81. The lowest BCUT2D eigenvalue weighted by atomic mass is 10.0. The van der Waals surface area contributed by atoms with Gasteiger partial charge in [-0.05, 0) is 44.5 Å². The fraction of sp³-hybridized carbons (Fsp3) is 0.667. The van der Waals surface area contributed by atoms with E-state index in [0.29, 0.717) is 0 Å². The zero-order chi connectivity index (χ0) is 24.4. The van der Waals surface area contributed by atoms with Crippen molar-refractivity contribution in [1.29, 1.82) is 0 Å². The number of halogens is 1. The largest absolute Gasteiger partial charge is 0.459 e. The van der Waals surface area contributed by atoms with E-state index < -0.39 is 37.7 Å². The molecule has 0 spiro atoms. The van der Waals surface area contributed by atoms with E-state index in [9.17, 15) is 9.59 Å². The van der Waals surface area contributed by atoms with E-state index in [1.54, 1.807) is 20.8 Å². The van der Waals surface area contributed by atoms with Crippen molar-refractivity contribution < 1.29 is 27.9 Å². The molecule has 0 aliphatic carbocycles. The summed E-state index contributed by atoms with van der Waals surface area (Å²) in [6, 6.07) is 8.15. The number of carbonyl (C=O) groups is 2. The minimum atomic E-state index is -2.21. The number of benzene rings is 1. The molecule has 1 aromatic carbocycles. The molecule has 2 rings (SSSR count). The van der Waals surface area contributed by atoms with Crippen LogP contribution >= 0.6 is 0 Å². The molecule has 0 radical (unpaired) electrons. The van der Waals surface area contributed by atoms with Gasteiger partial charge < -0.3 is 13.9 Å². The smallest absolute Gasteiger partial charge is 0.411 e. The second-order valence-electron chi connectivity index (χ2n) is 11.1. The van der Waals surface area contributed by atoms with Crippen molar-refractivity contribution in [3.63, 3.8) is 0 Å². The van der Waals surface area contributed by atoms with Crippen molar-refractivity contribution in [3.05, 3.63) is 35.9 Å². The van der Waals surface area contributed by atoms with Crippen molar-refractivity contribution in [1.82, 2.24) is 4.90 Å². The van der Waals surface area contributed by atoms with Gasteiger partial charge in [0.2, 0.25) is 0 Å². The highest BCUT2D eigenvalue weighted by molar-refractivity contribution is 6.74. The Balaban J connectivity index is 2.16. The molecule has 1 saturated heterocycles. The van der Waals surface area contributed by atoms with Gasteiger partial charge in [0.25, 0.3) is 0 Å². The van der Waals surface area contributed by atoms with Crippen molar-refractivity contribution >= 4 is 20.4 Å². The van der Waals surface area contributed by atoms with Gasteiger partial charge in [0, 0.05) is 6.42 Å². The van der Waals surface area contributed by atoms with Gasteiger partial charge in [-0.1, -0.05) is 51.1 Å². The normalized spacial score (nSPS) is 22.0. The first kappa shape index (κ1) is 26.3. The maximum Gasteiger partial charge on any atom is 0.411 e. The van der Waals surface area contributed by atoms with Gasteiger partial charge in [-0.25, -0.2) is 14.0 Å². The number of nitrogens with zero attached hydrogens (tertiary/aromatic N) is 1. The topological polar surface area (TPSA) is 65.1 Å².